The summed E-state index contributed by atoms with van der Waals surface area (Å²) in [7, 11) is 0. The Morgan fingerprint density at radius 1 is 1.33 bits per heavy atom. The van der Waals surface area contributed by atoms with Crippen molar-refractivity contribution < 1.29 is 0 Å². The first-order valence-electron chi connectivity index (χ1n) is 6.09. The zero-order chi connectivity index (χ0) is 11.4. The molecule has 18 heavy (non-hydrogen) atoms. The van der Waals surface area contributed by atoms with Crippen LogP contribution in [0.1, 0.15) is 25.3 Å². The molecule has 0 saturated carbocycles. The SMILES string of the molecule is CCCc1cnc(N2CCC(CN)C2)nc1.Cl.Cl. The van der Waals surface area contributed by atoms with Crippen molar-refractivity contribution in [1.82, 2.24) is 9.97 Å². The van der Waals surface area contributed by atoms with Crippen LogP contribution in [-0.2, 0) is 6.42 Å². The highest BCUT2D eigenvalue weighted by atomic mass is 35.5. The molecule has 104 valence electrons. The topological polar surface area (TPSA) is 55.0 Å². The molecule has 4 nitrogen and oxygen atoms in total. The van der Waals surface area contributed by atoms with Gasteiger partial charge in [0.1, 0.15) is 0 Å². The standard InChI is InChI=1S/C12H20N4.2ClH/c1-2-3-11-7-14-12(15-8-11)16-5-4-10(6-13)9-16;;/h7-8,10H,2-6,9,13H2,1H3;2*1H. The highest BCUT2D eigenvalue weighted by Crippen LogP contribution is 2.19. The summed E-state index contributed by atoms with van der Waals surface area (Å²) in [6.07, 6.45) is 7.26. The molecule has 0 amide bonds. The van der Waals surface area contributed by atoms with Gasteiger partial charge in [0.15, 0.2) is 0 Å². The fourth-order valence-electron chi connectivity index (χ4n) is 2.14. The number of aromatic nitrogens is 2. The smallest absolute Gasteiger partial charge is 0.225 e. The third-order valence-corrected chi connectivity index (χ3v) is 3.13. The summed E-state index contributed by atoms with van der Waals surface area (Å²) in [5, 5.41) is 0. The lowest BCUT2D eigenvalue weighted by molar-refractivity contribution is 0.601. The van der Waals surface area contributed by atoms with Crippen molar-refractivity contribution in [2.75, 3.05) is 24.5 Å². The van der Waals surface area contributed by atoms with E-state index in [1.807, 2.05) is 12.4 Å². The second kappa shape index (κ2) is 8.51. The minimum atomic E-state index is 0. The zero-order valence-corrected chi connectivity index (χ0v) is 12.3. The third-order valence-electron chi connectivity index (χ3n) is 3.13. The molecule has 2 heterocycles. The fraction of sp³-hybridized carbons (Fsp3) is 0.667. The quantitative estimate of drug-likeness (QED) is 0.923. The van der Waals surface area contributed by atoms with Crippen LogP contribution in [0.2, 0.25) is 0 Å². The number of hydrogen-bond acceptors (Lipinski definition) is 4. The Morgan fingerprint density at radius 2 is 2.00 bits per heavy atom. The second-order valence-electron chi connectivity index (χ2n) is 4.48. The summed E-state index contributed by atoms with van der Waals surface area (Å²) < 4.78 is 0. The molecule has 0 bridgehead atoms. The van der Waals surface area contributed by atoms with Crippen LogP contribution in [0.3, 0.4) is 0 Å². The summed E-state index contributed by atoms with van der Waals surface area (Å²) in [5.41, 5.74) is 6.89. The Morgan fingerprint density at radius 3 is 2.50 bits per heavy atom. The maximum absolute atomic E-state index is 5.67. The Bertz CT molecular complexity index is 331. The van der Waals surface area contributed by atoms with E-state index in [1.54, 1.807) is 0 Å². The first-order valence-corrected chi connectivity index (χ1v) is 6.09. The van der Waals surface area contributed by atoms with Gasteiger partial charge in [-0.3, -0.25) is 0 Å². The van der Waals surface area contributed by atoms with E-state index in [0.717, 1.165) is 44.8 Å². The van der Waals surface area contributed by atoms with Gasteiger partial charge < -0.3 is 10.6 Å². The summed E-state index contributed by atoms with van der Waals surface area (Å²) in [4.78, 5) is 11.1. The summed E-state index contributed by atoms with van der Waals surface area (Å²) in [6, 6.07) is 0. The number of anilines is 1. The summed E-state index contributed by atoms with van der Waals surface area (Å²) in [6.45, 7) is 4.98. The van der Waals surface area contributed by atoms with Gasteiger partial charge in [-0.2, -0.15) is 0 Å². The molecule has 0 radical (unpaired) electrons. The predicted octanol–water partition coefficient (Wildman–Crippen LogP) is 2.06. The molecule has 1 aliphatic rings. The largest absolute Gasteiger partial charge is 0.340 e. The van der Waals surface area contributed by atoms with E-state index < -0.39 is 0 Å². The van der Waals surface area contributed by atoms with Gasteiger partial charge in [0.2, 0.25) is 5.95 Å². The first-order chi connectivity index (χ1) is 7.83. The molecule has 1 saturated heterocycles. The predicted molar refractivity (Wildman–Crippen MR) is 79.9 cm³/mol. The van der Waals surface area contributed by atoms with Crippen LogP contribution in [0, 0.1) is 5.92 Å². The van der Waals surface area contributed by atoms with E-state index in [1.165, 1.54) is 5.56 Å². The van der Waals surface area contributed by atoms with Crippen LogP contribution in [0.25, 0.3) is 0 Å². The van der Waals surface area contributed by atoms with Crippen molar-refractivity contribution in [3.8, 4) is 0 Å². The van der Waals surface area contributed by atoms with Gasteiger partial charge in [-0.25, -0.2) is 9.97 Å². The maximum Gasteiger partial charge on any atom is 0.225 e. The summed E-state index contributed by atoms with van der Waals surface area (Å²) in [5.74, 6) is 1.47. The van der Waals surface area contributed by atoms with E-state index in [-0.39, 0.29) is 24.8 Å². The molecular formula is C12H22Cl2N4. The van der Waals surface area contributed by atoms with Crippen molar-refractivity contribution in [3.05, 3.63) is 18.0 Å². The number of nitrogens with two attached hydrogens (primary N) is 1. The van der Waals surface area contributed by atoms with E-state index in [9.17, 15) is 0 Å². The van der Waals surface area contributed by atoms with Crippen LogP contribution in [-0.4, -0.2) is 29.6 Å². The lowest BCUT2D eigenvalue weighted by Gasteiger charge is -2.15. The average Bonchev–Trinajstić information content (AvgIpc) is 2.79. The number of halogens is 2. The van der Waals surface area contributed by atoms with Gasteiger partial charge in [0.25, 0.3) is 0 Å². The van der Waals surface area contributed by atoms with Crippen molar-refractivity contribution in [2.45, 2.75) is 26.2 Å². The third kappa shape index (κ3) is 4.26. The van der Waals surface area contributed by atoms with Crippen LogP contribution >= 0.6 is 24.8 Å². The van der Waals surface area contributed by atoms with Crippen LogP contribution in [0.15, 0.2) is 12.4 Å². The van der Waals surface area contributed by atoms with Gasteiger partial charge in [-0.1, -0.05) is 13.3 Å². The molecule has 1 aliphatic heterocycles. The minimum absolute atomic E-state index is 0. The molecule has 1 unspecified atom stereocenters. The Kier molecular flexibility index (Phi) is 8.24. The van der Waals surface area contributed by atoms with Crippen LogP contribution in [0.4, 0.5) is 5.95 Å². The number of aryl methyl sites for hydroxylation is 1. The summed E-state index contributed by atoms with van der Waals surface area (Å²) >= 11 is 0. The molecule has 1 aromatic rings. The molecule has 6 heteroatoms. The van der Waals surface area contributed by atoms with Crippen molar-refractivity contribution in [3.63, 3.8) is 0 Å². The van der Waals surface area contributed by atoms with Gasteiger partial charge in [-0.15, -0.1) is 24.8 Å². The maximum atomic E-state index is 5.67. The normalized spacial score (nSPS) is 18.1. The second-order valence-corrected chi connectivity index (χ2v) is 4.48. The van der Waals surface area contributed by atoms with E-state index in [4.69, 9.17) is 5.73 Å². The zero-order valence-electron chi connectivity index (χ0n) is 10.7. The van der Waals surface area contributed by atoms with Crippen molar-refractivity contribution in [2.24, 2.45) is 11.7 Å². The molecule has 0 spiro atoms. The van der Waals surface area contributed by atoms with Crippen molar-refractivity contribution in [1.29, 1.82) is 0 Å². The molecule has 2 rings (SSSR count). The average molecular weight is 293 g/mol. The first kappa shape index (κ1) is 17.4. The highest BCUT2D eigenvalue weighted by Gasteiger charge is 2.22. The van der Waals surface area contributed by atoms with Crippen LogP contribution in [0.5, 0.6) is 0 Å². The molecule has 1 fully saturated rings. The van der Waals surface area contributed by atoms with E-state index in [2.05, 4.69) is 21.8 Å². The van der Waals surface area contributed by atoms with E-state index >= 15 is 0 Å². The fourth-order valence-corrected chi connectivity index (χ4v) is 2.14. The highest BCUT2D eigenvalue weighted by molar-refractivity contribution is 5.85. The molecule has 0 aliphatic carbocycles. The van der Waals surface area contributed by atoms with E-state index in [0.29, 0.717) is 5.92 Å². The Balaban J connectivity index is 0.00000144. The molecule has 1 aromatic heterocycles. The molecule has 0 aromatic carbocycles. The molecule has 1 atom stereocenters. The Hall–Kier alpha value is -0.580. The van der Waals surface area contributed by atoms with Crippen LogP contribution < -0.4 is 10.6 Å². The van der Waals surface area contributed by atoms with Gasteiger partial charge in [0.05, 0.1) is 0 Å². The van der Waals surface area contributed by atoms with Gasteiger partial charge in [-0.05, 0) is 30.9 Å². The monoisotopic (exact) mass is 292 g/mol. The van der Waals surface area contributed by atoms with Gasteiger partial charge in [0, 0.05) is 25.5 Å². The molecular weight excluding hydrogens is 271 g/mol. The Labute approximate surface area is 121 Å². The number of hydrogen-bond donors (Lipinski definition) is 1. The van der Waals surface area contributed by atoms with Crippen molar-refractivity contribution >= 4 is 30.8 Å². The lowest BCUT2D eigenvalue weighted by atomic mass is 10.1. The molecule has 2 N–H and O–H groups in total. The lowest BCUT2D eigenvalue weighted by Crippen LogP contribution is -2.24. The number of nitrogens with zero attached hydrogens (tertiary/aromatic N) is 3. The number of rotatable bonds is 4. The van der Waals surface area contributed by atoms with Gasteiger partial charge >= 0.3 is 0 Å². The minimum Gasteiger partial charge on any atom is -0.340 e.